The van der Waals surface area contributed by atoms with Gasteiger partial charge in [0.2, 0.25) is 0 Å². The van der Waals surface area contributed by atoms with Gasteiger partial charge in [-0.2, -0.15) is 8.42 Å². The van der Waals surface area contributed by atoms with Gasteiger partial charge < -0.3 is 0 Å². The molecule has 0 saturated heterocycles. The zero-order valence-electron chi connectivity index (χ0n) is 5.91. The summed E-state index contributed by atoms with van der Waals surface area (Å²) in [7, 11) is -4.20. The van der Waals surface area contributed by atoms with Gasteiger partial charge in [-0.15, -0.1) is 0 Å². The van der Waals surface area contributed by atoms with Gasteiger partial charge in [0, 0.05) is 0 Å². The van der Waals surface area contributed by atoms with E-state index in [0.717, 1.165) is 12.8 Å². The van der Waals surface area contributed by atoms with E-state index in [1.54, 1.807) is 0 Å². The highest BCUT2D eigenvalue weighted by atomic mass is 32.3. The van der Waals surface area contributed by atoms with Crippen molar-refractivity contribution in [2.24, 2.45) is 0 Å². The lowest BCUT2D eigenvalue weighted by Crippen LogP contribution is -2.04. The topological polar surface area (TPSA) is 63.6 Å². The first-order chi connectivity index (χ1) is 4.56. The van der Waals surface area contributed by atoms with E-state index in [2.05, 4.69) is 4.18 Å². The van der Waals surface area contributed by atoms with E-state index in [1.807, 2.05) is 6.92 Å². The molecule has 0 radical (unpaired) electrons. The van der Waals surface area contributed by atoms with E-state index >= 15 is 0 Å². The summed E-state index contributed by atoms with van der Waals surface area (Å²) in [5.41, 5.74) is 0. The Balaban J connectivity index is 0. The van der Waals surface area contributed by atoms with Gasteiger partial charge in [-0.05, 0) is 6.42 Å². The van der Waals surface area contributed by atoms with Crippen LogP contribution in [0, 0.1) is 0 Å². The minimum absolute atomic E-state index is 0. The van der Waals surface area contributed by atoms with E-state index in [0.29, 0.717) is 6.42 Å². The maximum Gasteiger partial charge on any atom is 0.397 e. The molecule has 4 nitrogen and oxygen atoms in total. The maximum atomic E-state index is 9.93. The molecule has 0 aliphatic rings. The molecular formula is C6H16O4S. The third kappa shape index (κ3) is 13.0. The molecule has 0 aromatic heterocycles. The van der Waals surface area contributed by atoms with E-state index in [1.165, 1.54) is 0 Å². The lowest BCUT2D eigenvalue weighted by atomic mass is 10.3. The molecule has 0 atom stereocenters. The summed E-state index contributed by atoms with van der Waals surface area (Å²) in [5.74, 6) is 0. The summed E-state index contributed by atoms with van der Waals surface area (Å²) in [6.07, 6.45) is 2.57. The van der Waals surface area contributed by atoms with Crippen molar-refractivity contribution in [2.75, 3.05) is 6.61 Å². The van der Waals surface area contributed by atoms with E-state index in [4.69, 9.17) is 4.55 Å². The monoisotopic (exact) mass is 184 g/mol. The first kappa shape index (κ1) is 13.5. The van der Waals surface area contributed by atoms with Crippen LogP contribution in [0.15, 0.2) is 0 Å². The Kier molecular flexibility index (Phi) is 8.04. The third-order valence-corrected chi connectivity index (χ3v) is 1.44. The molecule has 0 fully saturated rings. The zero-order valence-corrected chi connectivity index (χ0v) is 6.73. The van der Waals surface area contributed by atoms with Crippen molar-refractivity contribution in [2.45, 2.75) is 33.6 Å². The van der Waals surface area contributed by atoms with Crippen LogP contribution in [0.4, 0.5) is 0 Å². The van der Waals surface area contributed by atoms with Gasteiger partial charge in [0.15, 0.2) is 0 Å². The lowest BCUT2D eigenvalue weighted by molar-refractivity contribution is 0.262. The first-order valence-electron chi connectivity index (χ1n) is 3.18. The Labute approximate surface area is 68.5 Å². The van der Waals surface area contributed by atoms with Crippen molar-refractivity contribution >= 4 is 10.4 Å². The summed E-state index contributed by atoms with van der Waals surface area (Å²) < 4.78 is 32.0. The second-order valence-electron chi connectivity index (χ2n) is 1.96. The molecule has 0 aromatic carbocycles. The Morgan fingerprint density at radius 1 is 1.36 bits per heavy atom. The van der Waals surface area contributed by atoms with Crippen molar-refractivity contribution in [1.82, 2.24) is 0 Å². The molecule has 11 heavy (non-hydrogen) atoms. The highest BCUT2D eigenvalue weighted by Gasteiger charge is 2.01. The van der Waals surface area contributed by atoms with Crippen LogP contribution >= 0.6 is 0 Å². The standard InChI is InChI=1S/C5H12O4S.CH4/c1-2-3-4-5-9-10(6,7)8;/h2-5H2,1H3,(H,6,7,8);1H4. The zero-order chi connectivity index (χ0) is 8.04. The fourth-order valence-corrected chi connectivity index (χ4v) is 0.845. The molecule has 0 saturated carbocycles. The van der Waals surface area contributed by atoms with E-state index < -0.39 is 10.4 Å². The lowest BCUT2D eigenvalue weighted by Gasteiger charge is -1.96. The quantitative estimate of drug-likeness (QED) is 0.521. The van der Waals surface area contributed by atoms with Gasteiger partial charge in [-0.25, -0.2) is 4.18 Å². The van der Waals surface area contributed by atoms with Gasteiger partial charge in [0.25, 0.3) is 0 Å². The number of rotatable bonds is 5. The molecule has 0 unspecified atom stereocenters. The van der Waals surface area contributed by atoms with Crippen LogP contribution in [0.3, 0.4) is 0 Å². The Hall–Kier alpha value is -0.130. The van der Waals surface area contributed by atoms with Crippen molar-refractivity contribution in [1.29, 1.82) is 0 Å². The average Bonchev–Trinajstić information content (AvgIpc) is 1.78. The predicted molar refractivity (Wildman–Crippen MR) is 43.8 cm³/mol. The second-order valence-corrected chi connectivity index (χ2v) is 3.05. The summed E-state index contributed by atoms with van der Waals surface area (Å²) in [6.45, 7) is 2.07. The minimum Gasteiger partial charge on any atom is -0.264 e. The normalized spacial score (nSPS) is 10.7. The number of hydrogen-bond donors (Lipinski definition) is 1. The Morgan fingerprint density at radius 2 is 1.91 bits per heavy atom. The highest BCUT2D eigenvalue weighted by molar-refractivity contribution is 7.80. The van der Waals surface area contributed by atoms with Crippen molar-refractivity contribution < 1.29 is 17.2 Å². The fraction of sp³-hybridized carbons (Fsp3) is 1.00. The van der Waals surface area contributed by atoms with Crippen LogP contribution in [-0.4, -0.2) is 19.6 Å². The summed E-state index contributed by atoms with van der Waals surface area (Å²) in [4.78, 5) is 0. The Bertz CT molecular complexity index is 161. The minimum atomic E-state index is -4.20. The van der Waals surface area contributed by atoms with Crippen molar-refractivity contribution in [3.05, 3.63) is 0 Å². The molecule has 0 aromatic rings. The Morgan fingerprint density at radius 3 is 2.27 bits per heavy atom. The van der Waals surface area contributed by atoms with Gasteiger partial charge in [-0.3, -0.25) is 4.55 Å². The summed E-state index contributed by atoms with van der Waals surface area (Å²) in [5, 5.41) is 0. The van der Waals surface area contributed by atoms with Crippen molar-refractivity contribution in [3.63, 3.8) is 0 Å². The van der Waals surface area contributed by atoms with Gasteiger partial charge in [0.1, 0.15) is 0 Å². The second kappa shape index (κ2) is 6.57. The van der Waals surface area contributed by atoms with Crippen LogP contribution in [0.2, 0.25) is 0 Å². The molecule has 1 N–H and O–H groups in total. The maximum absolute atomic E-state index is 9.93. The molecule has 70 valence electrons. The van der Waals surface area contributed by atoms with Gasteiger partial charge in [0.05, 0.1) is 6.61 Å². The molecule has 0 bridgehead atoms. The molecule has 0 heterocycles. The molecule has 0 amide bonds. The fourth-order valence-electron chi connectivity index (χ4n) is 0.516. The van der Waals surface area contributed by atoms with E-state index in [9.17, 15) is 8.42 Å². The SMILES string of the molecule is C.CCCCCOS(=O)(=O)O. The molecule has 0 rings (SSSR count). The summed E-state index contributed by atoms with van der Waals surface area (Å²) >= 11 is 0. The van der Waals surface area contributed by atoms with Crippen LogP contribution in [-0.2, 0) is 14.6 Å². The van der Waals surface area contributed by atoms with Crippen molar-refractivity contribution in [3.8, 4) is 0 Å². The van der Waals surface area contributed by atoms with Crippen LogP contribution < -0.4 is 0 Å². The van der Waals surface area contributed by atoms with Crippen LogP contribution in [0.1, 0.15) is 33.6 Å². The largest absolute Gasteiger partial charge is 0.397 e. The van der Waals surface area contributed by atoms with Crippen LogP contribution in [0.5, 0.6) is 0 Å². The van der Waals surface area contributed by atoms with Gasteiger partial charge in [-0.1, -0.05) is 27.2 Å². The van der Waals surface area contributed by atoms with Gasteiger partial charge >= 0.3 is 10.4 Å². The summed E-state index contributed by atoms with van der Waals surface area (Å²) in [6, 6.07) is 0. The molecule has 0 aliphatic carbocycles. The van der Waals surface area contributed by atoms with Crippen LogP contribution in [0.25, 0.3) is 0 Å². The molecule has 5 heteroatoms. The first-order valence-corrected chi connectivity index (χ1v) is 4.54. The number of hydrogen-bond acceptors (Lipinski definition) is 3. The smallest absolute Gasteiger partial charge is 0.264 e. The third-order valence-electron chi connectivity index (χ3n) is 0.980. The molecular weight excluding hydrogens is 168 g/mol. The number of unbranched alkanes of at least 4 members (excludes halogenated alkanes) is 2. The molecule has 0 aliphatic heterocycles. The average molecular weight is 184 g/mol. The van der Waals surface area contributed by atoms with E-state index in [-0.39, 0.29) is 14.0 Å². The molecule has 0 spiro atoms. The highest BCUT2D eigenvalue weighted by Crippen LogP contribution is 1.96. The predicted octanol–water partition coefficient (Wildman–Crippen LogP) is 1.63.